The van der Waals surface area contributed by atoms with Gasteiger partial charge in [-0.05, 0) is 81.5 Å². The zero-order valence-corrected chi connectivity index (χ0v) is 26.1. The highest BCUT2D eigenvalue weighted by Gasteiger charge is 2.30. The Morgan fingerprint density at radius 2 is 1.93 bits per heavy atom. The Morgan fingerprint density at radius 1 is 1.12 bits per heavy atom. The number of methoxy groups -OCH3 is 1. The number of hydrogen-bond acceptors (Lipinski definition) is 9. The summed E-state index contributed by atoms with van der Waals surface area (Å²) in [5, 5.41) is 15.1. The van der Waals surface area contributed by atoms with Gasteiger partial charge < -0.3 is 20.1 Å². The zero-order chi connectivity index (χ0) is 30.5. The van der Waals surface area contributed by atoms with Gasteiger partial charge in [-0.3, -0.25) is 14.2 Å². The largest absolute Gasteiger partial charge is 0.497 e. The summed E-state index contributed by atoms with van der Waals surface area (Å²) in [5.74, 6) is 0.152. The van der Waals surface area contributed by atoms with Gasteiger partial charge in [-0.15, -0.1) is 21.5 Å². The first-order valence-electron chi connectivity index (χ1n) is 14.0. The van der Waals surface area contributed by atoms with Gasteiger partial charge in [-0.2, -0.15) is 0 Å². The van der Waals surface area contributed by atoms with Gasteiger partial charge in [0.05, 0.1) is 31.1 Å². The number of aromatic nitrogens is 3. The predicted molar refractivity (Wildman–Crippen MR) is 167 cm³/mol. The summed E-state index contributed by atoms with van der Waals surface area (Å²) in [5.41, 5.74) is 3.77. The fourth-order valence-corrected chi connectivity index (χ4v) is 7.05. The van der Waals surface area contributed by atoms with Crippen LogP contribution in [-0.4, -0.2) is 51.5 Å². The summed E-state index contributed by atoms with van der Waals surface area (Å²) in [4.78, 5) is 40.2. The first-order valence-corrected chi connectivity index (χ1v) is 15.7. The highest BCUT2D eigenvalue weighted by atomic mass is 32.2. The number of amides is 2. The van der Waals surface area contributed by atoms with E-state index < -0.39 is 11.2 Å². The molecule has 2 aromatic carbocycles. The lowest BCUT2D eigenvalue weighted by Crippen LogP contribution is -2.25. The molecule has 12 heteroatoms. The number of ether oxygens (including phenoxy) is 2. The number of thioether (sulfide) groups is 1. The second kappa shape index (κ2) is 13.4. The number of benzene rings is 2. The molecule has 5 rings (SSSR count). The number of thiophene rings is 1. The van der Waals surface area contributed by atoms with Crippen molar-refractivity contribution in [1.29, 1.82) is 0 Å². The van der Waals surface area contributed by atoms with Gasteiger partial charge in [0.2, 0.25) is 5.91 Å². The molecule has 1 atom stereocenters. The second-order valence-electron chi connectivity index (χ2n) is 10.0. The van der Waals surface area contributed by atoms with Gasteiger partial charge in [-0.1, -0.05) is 30.0 Å². The molecule has 2 N–H and O–H groups in total. The number of esters is 1. The first-order chi connectivity index (χ1) is 20.8. The summed E-state index contributed by atoms with van der Waals surface area (Å²) in [6, 6.07) is 14.7. The zero-order valence-electron chi connectivity index (χ0n) is 24.4. The van der Waals surface area contributed by atoms with Crippen molar-refractivity contribution in [3.63, 3.8) is 0 Å². The normalized spacial score (nSPS) is 12.8. The molecular weight excluding hydrogens is 587 g/mol. The monoisotopic (exact) mass is 619 g/mol. The van der Waals surface area contributed by atoms with E-state index in [1.165, 1.54) is 23.1 Å². The second-order valence-corrected chi connectivity index (χ2v) is 12.4. The van der Waals surface area contributed by atoms with Crippen LogP contribution in [0.3, 0.4) is 0 Å². The first kappa shape index (κ1) is 30.3. The number of hydrogen-bond donors (Lipinski definition) is 2. The van der Waals surface area contributed by atoms with Crippen LogP contribution in [0.15, 0.2) is 53.7 Å². The van der Waals surface area contributed by atoms with E-state index in [0.29, 0.717) is 32.9 Å². The van der Waals surface area contributed by atoms with Crippen LogP contribution >= 0.6 is 23.1 Å². The maximum atomic E-state index is 13.4. The van der Waals surface area contributed by atoms with E-state index in [4.69, 9.17) is 9.47 Å². The minimum absolute atomic E-state index is 0.113. The number of rotatable bonds is 11. The van der Waals surface area contributed by atoms with E-state index in [0.717, 1.165) is 41.0 Å². The van der Waals surface area contributed by atoms with Crippen LogP contribution in [-0.2, 0) is 28.9 Å². The van der Waals surface area contributed by atoms with Crippen molar-refractivity contribution in [3.8, 4) is 11.4 Å². The lowest BCUT2D eigenvalue weighted by molar-refractivity contribution is -0.115. The Labute approximate surface area is 258 Å². The molecule has 0 radical (unpaired) electrons. The summed E-state index contributed by atoms with van der Waals surface area (Å²) in [6.45, 7) is 5.91. The van der Waals surface area contributed by atoms with Gasteiger partial charge in [0.15, 0.2) is 11.0 Å². The number of carbonyl (C=O) groups excluding carboxylic acids is 3. The maximum Gasteiger partial charge on any atom is 0.341 e. The molecule has 0 saturated carbocycles. The van der Waals surface area contributed by atoms with Crippen molar-refractivity contribution in [1.82, 2.24) is 20.1 Å². The van der Waals surface area contributed by atoms with Crippen LogP contribution in [0.5, 0.6) is 5.75 Å². The third-order valence-electron chi connectivity index (χ3n) is 6.99. The minimum Gasteiger partial charge on any atom is -0.497 e. The van der Waals surface area contributed by atoms with Crippen molar-refractivity contribution in [2.75, 3.05) is 19.0 Å². The van der Waals surface area contributed by atoms with Crippen LogP contribution < -0.4 is 15.4 Å². The number of fused-ring (bicyclic) bond motifs is 1. The molecule has 2 amide bonds. The molecule has 0 unspecified atom stereocenters. The Balaban J connectivity index is 1.36. The van der Waals surface area contributed by atoms with E-state index in [-0.39, 0.29) is 25.0 Å². The summed E-state index contributed by atoms with van der Waals surface area (Å²) >= 11 is 2.69. The Kier molecular flexibility index (Phi) is 9.46. The van der Waals surface area contributed by atoms with Crippen molar-refractivity contribution >= 4 is 45.9 Å². The van der Waals surface area contributed by atoms with Crippen LogP contribution in [0.25, 0.3) is 5.69 Å². The third kappa shape index (κ3) is 6.75. The smallest absolute Gasteiger partial charge is 0.341 e. The van der Waals surface area contributed by atoms with Gasteiger partial charge in [0, 0.05) is 16.1 Å². The SMILES string of the molecule is CCOC(=O)c1c(NC(=O)[C@@H](C)Sc2nnc(CNC(=O)c3cccc(OC)c3)n2-c2cccc(C)c2)sc2c1CCC2. The maximum absolute atomic E-state index is 13.4. The molecule has 10 nitrogen and oxygen atoms in total. The highest BCUT2D eigenvalue weighted by molar-refractivity contribution is 8.00. The summed E-state index contributed by atoms with van der Waals surface area (Å²) in [6.07, 6.45) is 2.69. The van der Waals surface area contributed by atoms with Crippen molar-refractivity contribution in [2.24, 2.45) is 0 Å². The molecule has 2 aromatic heterocycles. The fourth-order valence-electron chi connectivity index (χ4n) is 4.88. The van der Waals surface area contributed by atoms with Crippen LogP contribution in [0.2, 0.25) is 0 Å². The Hall–Kier alpha value is -4.16. The van der Waals surface area contributed by atoms with Crippen molar-refractivity contribution in [2.45, 2.75) is 57.0 Å². The number of anilines is 1. The molecule has 0 aliphatic heterocycles. The molecule has 0 spiro atoms. The van der Waals surface area contributed by atoms with Crippen LogP contribution in [0.1, 0.15) is 62.8 Å². The molecule has 2 heterocycles. The Morgan fingerprint density at radius 3 is 2.70 bits per heavy atom. The third-order valence-corrected chi connectivity index (χ3v) is 9.24. The van der Waals surface area contributed by atoms with E-state index in [9.17, 15) is 14.4 Å². The molecular formula is C31H33N5O5S2. The lowest BCUT2D eigenvalue weighted by atomic mass is 10.1. The van der Waals surface area contributed by atoms with E-state index >= 15 is 0 Å². The quantitative estimate of drug-likeness (QED) is 0.170. The standard InChI is InChI=1S/C31H33N5O5S2/c1-5-41-30(39)26-23-13-8-14-24(23)43-29(26)33-27(37)19(3)42-31-35-34-25(36(31)21-11-6-9-18(2)15-21)17-32-28(38)20-10-7-12-22(16-20)40-4/h6-7,9-12,15-16,19H,5,8,13-14,17H2,1-4H3,(H,32,38)(H,33,37)/t19-/m1/s1. The number of aryl methyl sites for hydroxylation is 2. The number of nitrogens with one attached hydrogen (secondary N) is 2. The average Bonchev–Trinajstić information content (AvgIpc) is 3.70. The topological polar surface area (TPSA) is 124 Å². The molecule has 0 bridgehead atoms. The molecule has 224 valence electrons. The highest BCUT2D eigenvalue weighted by Crippen LogP contribution is 2.40. The minimum atomic E-state index is -0.570. The fraction of sp³-hybridized carbons (Fsp3) is 0.323. The van der Waals surface area contributed by atoms with E-state index in [1.54, 1.807) is 45.2 Å². The molecule has 1 aliphatic carbocycles. The van der Waals surface area contributed by atoms with E-state index in [1.807, 2.05) is 35.8 Å². The van der Waals surface area contributed by atoms with Crippen molar-refractivity contribution < 1.29 is 23.9 Å². The van der Waals surface area contributed by atoms with E-state index in [2.05, 4.69) is 20.8 Å². The van der Waals surface area contributed by atoms with Crippen molar-refractivity contribution in [3.05, 3.63) is 81.5 Å². The average molecular weight is 620 g/mol. The molecule has 0 saturated heterocycles. The summed E-state index contributed by atoms with van der Waals surface area (Å²) < 4.78 is 12.4. The van der Waals surface area contributed by atoms with Gasteiger partial charge in [0.25, 0.3) is 5.91 Å². The number of nitrogens with zero attached hydrogens (tertiary/aromatic N) is 3. The lowest BCUT2D eigenvalue weighted by Gasteiger charge is -2.15. The number of carbonyl (C=O) groups is 3. The summed E-state index contributed by atoms with van der Waals surface area (Å²) in [7, 11) is 1.55. The van der Waals surface area contributed by atoms with Crippen LogP contribution in [0.4, 0.5) is 5.00 Å². The van der Waals surface area contributed by atoms with Crippen LogP contribution in [0, 0.1) is 6.92 Å². The molecule has 4 aromatic rings. The predicted octanol–water partition coefficient (Wildman–Crippen LogP) is 5.36. The molecule has 0 fully saturated rings. The van der Waals surface area contributed by atoms with Gasteiger partial charge in [0.1, 0.15) is 10.8 Å². The van der Waals surface area contributed by atoms with Gasteiger partial charge in [-0.25, -0.2) is 4.79 Å². The molecule has 1 aliphatic rings. The Bertz CT molecular complexity index is 1660. The van der Waals surface area contributed by atoms with Gasteiger partial charge >= 0.3 is 5.97 Å². The molecule has 43 heavy (non-hydrogen) atoms.